The zero-order valence-electron chi connectivity index (χ0n) is 12.8. The predicted octanol–water partition coefficient (Wildman–Crippen LogP) is 1.71. The maximum Gasteiger partial charge on any atom is 0.408 e. The molecule has 3 aromatic rings. The van der Waals surface area contributed by atoms with Crippen molar-refractivity contribution in [2.45, 2.75) is 20.0 Å². The Morgan fingerprint density at radius 3 is 2.96 bits per heavy atom. The maximum absolute atomic E-state index is 11.9. The number of carbonyl (C=O) groups is 1. The number of halogens is 1. The molecule has 0 atom stereocenters. The highest BCUT2D eigenvalue weighted by Crippen LogP contribution is 2.26. The van der Waals surface area contributed by atoms with Crippen molar-refractivity contribution in [1.82, 2.24) is 25.2 Å². The second kappa shape index (κ2) is 6.73. The van der Waals surface area contributed by atoms with Gasteiger partial charge >= 0.3 is 17.6 Å². The normalized spacial score (nSPS) is 10.8. The molecule has 0 aliphatic rings. The number of nitrogens with zero attached hydrogens (tertiary/aromatic N) is 5. The molecule has 0 radical (unpaired) electrons. The smallest absolute Gasteiger partial charge is 0.408 e. The number of furan rings is 1. The van der Waals surface area contributed by atoms with Crippen LogP contribution in [0.15, 0.2) is 27.3 Å². The van der Waals surface area contributed by atoms with Gasteiger partial charge in [0.15, 0.2) is 10.8 Å². The van der Waals surface area contributed by atoms with Gasteiger partial charge < -0.3 is 24.4 Å². The van der Waals surface area contributed by atoms with Crippen LogP contribution in [-0.4, -0.2) is 30.8 Å². The summed E-state index contributed by atoms with van der Waals surface area (Å²) in [5.41, 5.74) is 0.377. The number of rotatable bonds is 6. The summed E-state index contributed by atoms with van der Waals surface area (Å²) in [4.78, 5) is 26.0. The average Bonchev–Trinajstić information content (AvgIpc) is 3.30. The van der Waals surface area contributed by atoms with Gasteiger partial charge in [-0.25, -0.2) is 0 Å². The number of aromatic nitrogens is 4. The lowest BCUT2D eigenvalue weighted by Gasteiger charge is -1.97. The highest BCUT2D eigenvalue weighted by atomic mass is 35.5. The number of carbonyl (C=O) groups excluding carboxylic acids is 1. The van der Waals surface area contributed by atoms with Gasteiger partial charge in [0.1, 0.15) is 12.3 Å². The minimum absolute atomic E-state index is 0.0334. The summed E-state index contributed by atoms with van der Waals surface area (Å²) < 4.78 is 11.2. The maximum atomic E-state index is 11.9. The fourth-order valence-corrected chi connectivity index (χ4v) is 2.18. The van der Waals surface area contributed by atoms with Crippen molar-refractivity contribution in [3.8, 4) is 0 Å². The van der Waals surface area contributed by atoms with E-state index in [0.29, 0.717) is 11.5 Å². The van der Waals surface area contributed by atoms with Crippen LogP contribution in [0.1, 0.15) is 28.0 Å². The van der Waals surface area contributed by atoms with Crippen molar-refractivity contribution < 1.29 is 18.7 Å². The molecule has 0 spiro atoms. The molecule has 3 heterocycles. The SMILES string of the molecule is Cc1c(Cl)c([N+](=O)[O-])nn1Cc1noc(C(=O)NCc2ccco2)n1. The summed E-state index contributed by atoms with van der Waals surface area (Å²) in [6.45, 7) is 1.71. The van der Waals surface area contributed by atoms with Crippen molar-refractivity contribution in [1.29, 1.82) is 0 Å². The third kappa shape index (κ3) is 3.50. The molecule has 0 saturated heterocycles. The van der Waals surface area contributed by atoms with E-state index < -0.39 is 16.6 Å². The number of amides is 1. The highest BCUT2D eigenvalue weighted by molar-refractivity contribution is 6.33. The first-order chi connectivity index (χ1) is 12.0. The van der Waals surface area contributed by atoms with E-state index in [1.54, 1.807) is 19.1 Å². The molecule has 3 aromatic heterocycles. The van der Waals surface area contributed by atoms with E-state index in [-0.39, 0.29) is 29.8 Å². The molecule has 12 heteroatoms. The minimum Gasteiger partial charge on any atom is -0.467 e. The van der Waals surface area contributed by atoms with Crippen LogP contribution in [0.25, 0.3) is 0 Å². The van der Waals surface area contributed by atoms with E-state index in [0.717, 1.165) is 0 Å². The molecule has 130 valence electrons. The number of hydrogen-bond donors (Lipinski definition) is 1. The average molecular weight is 367 g/mol. The summed E-state index contributed by atoms with van der Waals surface area (Å²) in [6, 6.07) is 3.40. The number of nitro groups is 1. The highest BCUT2D eigenvalue weighted by Gasteiger charge is 2.25. The standard InChI is InChI=1S/C13H11ClN6O5/c1-7-10(14)11(20(22)23)17-19(7)6-9-16-13(25-18-9)12(21)15-5-8-3-2-4-24-8/h2-4H,5-6H2,1H3,(H,15,21). The Kier molecular flexibility index (Phi) is 4.48. The fraction of sp³-hybridized carbons (Fsp3) is 0.231. The van der Waals surface area contributed by atoms with Crippen LogP contribution in [0.3, 0.4) is 0 Å². The van der Waals surface area contributed by atoms with Crippen LogP contribution in [-0.2, 0) is 13.1 Å². The Hall–Kier alpha value is -3.21. The van der Waals surface area contributed by atoms with Crippen LogP contribution < -0.4 is 5.32 Å². The van der Waals surface area contributed by atoms with Gasteiger partial charge in [-0.3, -0.25) is 4.79 Å². The summed E-state index contributed by atoms with van der Waals surface area (Å²) in [5, 5.41) is 20.8. The van der Waals surface area contributed by atoms with Crippen molar-refractivity contribution in [3.05, 3.63) is 56.7 Å². The van der Waals surface area contributed by atoms with E-state index in [4.69, 9.17) is 20.5 Å². The topological polar surface area (TPSA) is 142 Å². The quantitative estimate of drug-likeness (QED) is 0.513. The van der Waals surface area contributed by atoms with E-state index in [1.807, 2.05) is 0 Å². The first-order valence-electron chi connectivity index (χ1n) is 6.96. The summed E-state index contributed by atoms with van der Waals surface area (Å²) in [7, 11) is 0. The molecule has 0 unspecified atom stereocenters. The zero-order valence-corrected chi connectivity index (χ0v) is 13.6. The van der Waals surface area contributed by atoms with Gasteiger partial charge in [0.2, 0.25) is 0 Å². The molecule has 0 aliphatic heterocycles. The Morgan fingerprint density at radius 2 is 2.32 bits per heavy atom. The lowest BCUT2D eigenvalue weighted by molar-refractivity contribution is -0.389. The molecular formula is C13H11ClN6O5. The third-order valence-corrected chi connectivity index (χ3v) is 3.69. The predicted molar refractivity (Wildman–Crippen MR) is 81.9 cm³/mol. The first kappa shape index (κ1) is 16.6. The first-order valence-corrected chi connectivity index (χ1v) is 7.34. The third-order valence-electron chi connectivity index (χ3n) is 3.25. The van der Waals surface area contributed by atoms with E-state index in [9.17, 15) is 14.9 Å². The van der Waals surface area contributed by atoms with Gasteiger partial charge in [-0.1, -0.05) is 16.8 Å². The van der Waals surface area contributed by atoms with Crippen LogP contribution >= 0.6 is 11.6 Å². The molecule has 11 nitrogen and oxygen atoms in total. The fourth-order valence-electron chi connectivity index (χ4n) is 1.98. The molecule has 0 aliphatic carbocycles. The zero-order chi connectivity index (χ0) is 18.0. The molecule has 0 bridgehead atoms. The second-order valence-corrected chi connectivity index (χ2v) is 5.29. The second-order valence-electron chi connectivity index (χ2n) is 4.92. The Bertz CT molecular complexity index is 916. The summed E-state index contributed by atoms with van der Waals surface area (Å²) >= 11 is 5.86. The molecule has 0 fully saturated rings. The van der Waals surface area contributed by atoms with Crippen molar-refractivity contribution in [3.63, 3.8) is 0 Å². The number of hydrogen-bond acceptors (Lipinski definition) is 8. The van der Waals surface area contributed by atoms with Crippen molar-refractivity contribution in [2.24, 2.45) is 0 Å². The number of nitrogens with one attached hydrogen (secondary N) is 1. The Balaban J connectivity index is 1.68. The lowest BCUT2D eigenvalue weighted by Crippen LogP contribution is -2.23. The molecule has 1 N–H and O–H groups in total. The summed E-state index contributed by atoms with van der Waals surface area (Å²) in [5.74, 6) is -0.579. The summed E-state index contributed by atoms with van der Waals surface area (Å²) in [6.07, 6.45) is 1.49. The van der Waals surface area contributed by atoms with Crippen LogP contribution in [0.2, 0.25) is 5.02 Å². The van der Waals surface area contributed by atoms with E-state index in [2.05, 4.69) is 20.6 Å². The van der Waals surface area contributed by atoms with Gasteiger partial charge in [-0.15, -0.1) is 0 Å². The molecule has 25 heavy (non-hydrogen) atoms. The van der Waals surface area contributed by atoms with E-state index >= 15 is 0 Å². The van der Waals surface area contributed by atoms with Gasteiger partial charge in [-0.05, 0) is 24.0 Å². The lowest BCUT2D eigenvalue weighted by atomic mass is 10.4. The van der Waals surface area contributed by atoms with Gasteiger partial charge in [-0.2, -0.15) is 9.67 Å². The van der Waals surface area contributed by atoms with Crippen LogP contribution in [0.5, 0.6) is 0 Å². The van der Waals surface area contributed by atoms with Gasteiger partial charge in [0.25, 0.3) is 0 Å². The minimum atomic E-state index is -0.685. The molecule has 0 aromatic carbocycles. The van der Waals surface area contributed by atoms with E-state index in [1.165, 1.54) is 10.9 Å². The van der Waals surface area contributed by atoms with Gasteiger partial charge in [0.05, 0.1) is 23.6 Å². The van der Waals surface area contributed by atoms with Crippen LogP contribution in [0.4, 0.5) is 5.82 Å². The molecular weight excluding hydrogens is 356 g/mol. The van der Waals surface area contributed by atoms with Crippen molar-refractivity contribution in [2.75, 3.05) is 0 Å². The molecule has 3 rings (SSSR count). The largest absolute Gasteiger partial charge is 0.467 e. The van der Waals surface area contributed by atoms with Gasteiger partial charge in [0, 0.05) is 0 Å². The van der Waals surface area contributed by atoms with Crippen LogP contribution in [0, 0.1) is 17.0 Å². The van der Waals surface area contributed by atoms with Crippen molar-refractivity contribution >= 4 is 23.3 Å². The molecule has 0 saturated carbocycles. The molecule has 1 amide bonds. The monoisotopic (exact) mass is 366 g/mol. The Morgan fingerprint density at radius 1 is 1.52 bits per heavy atom. The Labute approximate surface area is 144 Å².